The number of hydrogen-bond acceptors (Lipinski definition) is 8. The van der Waals surface area contributed by atoms with Crippen LogP contribution >= 0.6 is 11.8 Å². The van der Waals surface area contributed by atoms with Crippen molar-refractivity contribution in [1.29, 1.82) is 0 Å². The predicted octanol–water partition coefficient (Wildman–Crippen LogP) is 2.42. The van der Waals surface area contributed by atoms with Gasteiger partial charge in [0.25, 0.3) is 0 Å². The molecule has 0 spiro atoms. The number of hydrogen-bond donors (Lipinski definition) is 1. The summed E-state index contributed by atoms with van der Waals surface area (Å²) in [6.07, 6.45) is -0.0815. The minimum Gasteiger partial charge on any atom is -0.494 e. The van der Waals surface area contributed by atoms with Gasteiger partial charge >= 0.3 is 0 Å². The average molecular weight is 396 g/mol. The normalized spacial score (nSPS) is 16.4. The summed E-state index contributed by atoms with van der Waals surface area (Å²) in [4.78, 5) is 10.3. The Hall–Kier alpha value is -2.91. The first-order valence-corrected chi connectivity index (χ1v) is 9.81. The van der Waals surface area contributed by atoms with Gasteiger partial charge in [-0.25, -0.2) is 5.48 Å². The van der Waals surface area contributed by atoms with E-state index in [1.807, 2.05) is 55.5 Å². The van der Waals surface area contributed by atoms with Crippen molar-refractivity contribution in [1.82, 2.24) is 25.7 Å². The molecule has 1 aromatic heterocycles. The van der Waals surface area contributed by atoms with Gasteiger partial charge in [0.2, 0.25) is 5.16 Å². The number of hydroxylamine groups is 1. The van der Waals surface area contributed by atoms with E-state index >= 15 is 0 Å². The third-order valence-electron chi connectivity index (χ3n) is 4.22. The fourth-order valence-corrected chi connectivity index (χ4v) is 3.65. The summed E-state index contributed by atoms with van der Waals surface area (Å²) < 4.78 is 7.14. The fraction of sp³-hybridized carbons (Fsp3) is 0.263. The molecule has 2 heterocycles. The van der Waals surface area contributed by atoms with Gasteiger partial charge in [0.1, 0.15) is 17.5 Å². The summed E-state index contributed by atoms with van der Waals surface area (Å²) in [5.41, 5.74) is 5.86. The van der Waals surface area contributed by atoms with E-state index in [-0.39, 0.29) is 6.10 Å². The molecular weight excluding hydrogens is 376 g/mol. The number of amidine groups is 1. The maximum atomic E-state index is 5.75. The summed E-state index contributed by atoms with van der Waals surface area (Å²) in [6.45, 7) is 2.59. The SMILES string of the molecule is COc1ccc(C)cc1-n1nnnc1SCC1CN=C(c2ccccc2)NO1. The van der Waals surface area contributed by atoms with Gasteiger partial charge in [-0.05, 0) is 35.0 Å². The van der Waals surface area contributed by atoms with Gasteiger partial charge in [-0.15, -0.1) is 5.10 Å². The van der Waals surface area contributed by atoms with Crippen LogP contribution in [0.1, 0.15) is 11.1 Å². The lowest BCUT2D eigenvalue weighted by atomic mass is 10.2. The molecule has 1 N–H and O–H groups in total. The molecule has 1 aliphatic rings. The second-order valence-corrected chi connectivity index (χ2v) is 7.24. The van der Waals surface area contributed by atoms with Crippen LogP contribution in [-0.4, -0.2) is 51.6 Å². The van der Waals surface area contributed by atoms with Crippen molar-refractivity contribution in [3.05, 3.63) is 59.7 Å². The van der Waals surface area contributed by atoms with Gasteiger partial charge in [-0.2, -0.15) is 4.68 Å². The second-order valence-electron chi connectivity index (χ2n) is 6.26. The number of aliphatic imine (C=N–C) groups is 1. The van der Waals surface area contributed by atoms with Crippen LogP contribution < -0.4 is 10.2 Å². The van der Waals surface area contributed by atoms with Gasteiger partial charge < -0.3 is 4.74 Å². The zero-order valence-electron chi connectivity index (χ0n) is 15.6. The van der Waals surface area contributed by atoms with E-state index in [0.29, 0.717) is 23.2 Å². The Bertz CT molecular complexity index is 976. The minimum atomic E-state index is -0.0815. The minimum absolute atomic E-state index is 0.0815. The van der Waals surface area contributed by atoms with Crippen LogP contribution in [0.5, 0.6) is 5.75 Å². The smallest absolute Gasteiger partial charge is 0.214 e. The molecule has 1 atom stereocenters. The Morgan fingerprint density at radius 2 is 2.11 bits per heavy atom. The van der Waals surface area contributed by atoms with Crippen molar-refractivity contribution >= 4 is 17.6 Å². The van der Waals surface area contributed by atoms with Crippen molar-refractivity contribution in [2.45, 2.75) is 18.2 Å². The van der Waals surface area contributed by atoms with Crippen LogP contribution in [0.4, 0.5) is 0 Å². The average Bonchev–Trinajstić information content (AvgIpc) is 3.22. The highest BCUT2D eigenvalue weighted by Gasteiger charge is 2.20. The number of nitrogens with zero attached hydrogens (tertiary/aromatic N) is 5. The zero-order valence-corrected chi connectivity index (χ0v) is 16.4. The van der Waals surface area contributed by atoms with Gasteiger partial charge in [0, 0.05) is 11.3 Å². The zero-order chi connectivity index (χ0) is 19.3. The summed E-state index contributed by atoms with van der Waals surface area (Å²) in [7, 11) is 1.63. The molecule has 0 fully saturated rings. The molecule has 1 aliphatic heterocycles. The van der Waals surface area contributed by atoms with Crippen LogP contribution in [0.2, 0.25) is 0 Å². The molecule has 4 rings (SSSR count). The van der Waals surface area contributed by atoms with E-state index in [4.69, 9.17) is 9.57 Å². The summed E-state index contributed by atoms with van der Waals surface area (Å²) in [6, 6.07) is 15.8. The Morgan fingerprint density at radius 3 is 2.86 bits per heavy atom. The van der Waals surface area contributed by atoms with Crippen molar-refractivity contribution in [2.24, 2.45) is 4.99 Å². The molecule has 0 saturated heterocycles. The Kier molecular flexibility index (Phi) is 5.54. The topological polar surface area (TPSA) is 86.5 Å². The maximum Gasteiger partial charge on any atom is 0.214 e. The van der Waals surface area contributed by atoms with Gasteiger partial charge in [0.05, 0.1) is 13.7 Å². The molecule has 28 heavy (non-hydrogen) atoms. The lowest BCUT2D eigenvalue weighted by molar-refractivity contribution is 0.0212. The molecular formula is C19H20N6O2S. The van der Waals surface area contributed by atoms with Crippen LogP contribution in [0.25, 0.3) is 5.69 Å². The number of thioether (sulfide) groups is 1. The standard InChI is InChI=1S/C19H20N6O2S/c1-13-8-9-17(26-2)16(10-13)25-19(21-23-24-25)28-12-15-11-20-18(22-27-15)14-6-4-3-5-7-14/h3-10,15H,11-12H2,1-2H3,(H,20,22). The molecule has 0 amide bonds. The number of nitrogens with one attached hydrogen (secondary N) is 1. The Morgan fingerprint density at radius 1 is 1.25 bits per heavy atom. The van der Waals surface area contributed by atoms with E-state index < -0.39 is 0 Å². The van der Waals surface area contributed by atoms with Crippen LogP contribution in [0, 0.1) is 6.92 Å². The number of tetrazole rings is 1. The van der Waals surface area contributed by atoms with E-state index in [9.17, 15) is 0 Å². The Labute approximate surface area is 166 Å². The van der Waals surface area contributed by atoms with E-state index in [0.717, 1.165) is 22.6 Å². The first-order chi connectivity index (χ1) is 13.7. The molecule has 3 aromatic rings. The lowest BCUT2D eigenvalue weighted by Crippen LogP contribution is -2.38. The number of methoxy groups -OCH3 is 1. The number of benzene rings is 2. The molecule has 0 bridgehead atoms. The van der Waals surface area contributed by atoms with Gasteiger partial charge in [-0.1, -0.05) is 48.2 Å². The van der Waals surface area contributed by atoms with E-state index in [1.165, 1.54) is 11.8 Å². The molecule has 9 heteroatoms. The van der Waals surface area contributed by atoms with Crippen molar-refractivity contribution in [3.63, 3.8) is 0 Å². The van der Waals surface area contributed by atoms with Crippen molar-refractivity contribution in [2.75, 3.05) is 19.4 Å². The molecule has 0 radical (unpaired) electrons. The number of rotatable bonds is 6. The lowest BCUT2D eigenvalue weighted by Gasteiger charge is -2.22. The first kappa shape index (κ1) is 18.5. The second kappa shape index (κ2) is 8.41. The number of aromatic nitrogens is 4. The van der Waals surface area contributed by atoms with Crippen molar-refractivity contribution < 1.29 is 9.57 Å². The highest BCUT2D eigenvalue weighted by Crippen LogP contribution is 2.27. The number of aryl methyl sites for hydroxylation is 1. The van der Waals surface area contributed by atoms with Gasteiger partial charge in [-0.3, -0.25) is 9.83 Å². The summed E-state index contributed by atoms with van der Waals surface area (Å²) in [5.74, 6) is 2.12. The third-order valence-corrected chi connectivity index (χ3v) is 5.28. The molecule has 2 aromatic carbocycles. The first-order valence-electron chi connectivity index (χ1n) is 8.82. The largest absolute Gasteiger partial charge is 0.494 e. The van der Waals surface area contributed by atoms with Crippen LogP contribution in [0.15, 0.2) is 58.7 Å². The predicted molar refractivity (Wildman–Crippen MR) is 107 cm³/mol. The summed E-state index contributed by atoms with van der Waals surface area (Å²) in [5, 5.41) is 12.8. The number of ether oxygens (including phenoxy) is 1. The molecule has 0 saturated carbocycles. The molecule has 144 valence electrons. The molecule has 1 unspecified atom stereocenters. The fourth-order valence-electron chi connectivity index (χ4n) is 2.79. The third kappa shape index (κ3) is 4.00. The highest BCUT2D eigenvalue weighted by atomic mass is 32.2. The summed E-state index contributed by atoms with van der Waals surface area (Å²) >= 11 is 1.51. The quantitative estimate of drug-likeness (QED) is 0.640. The van der Waals surface area contributed by atoms with Crippen molar-refractivity contribution in [3.8, 4) is 11.4 Å². The van der Waals surface area contributed by atoms with Gasteiger partial charge in [0.15, 0.2) is 5.84 Å². The molecule has 0 aliphatic carbocycles. The maximum absolute atomic E-state index is 5.75. The Balaban J connectivity index is 1.43. The monoisotopic (exact) mass is 396 g/mol. The van der Waals surface area contributed by atoms with E-state index in [2.05, 4.69) is 26.0 Å². The molecule has 8 nitrogen and oxygen atoms in total. The van der Waals surface area contributed by atoms with Crippen LogP contribution in [0.3, 0.4) is 0 Å². The highest BCUT2D eigenvalue weighted by molar-refractivity contribution is 7.99. The van der Waals surface area contributed by atoms with Crippen LogP contribution in [-0.2, 0) is 4.84 Å². The van der Waals surface area contributed by atoms with E-state index in [1.54, 1.807) is 11.8 Å².